The van der Waals surface area contributed by atoms with Gasteiger partial charge in [-0.25, -0.2) is 0 Å². The summed E-state index contributed by atoms with van der Waals surface area (Å²) in [6, 6.07) is 0.758. The smallest absolute Gasteiger partial charge is 0.293 e. The zero-order valence-electron chi connectivity index (χ0n) is 16.5. The van der Waals surface area contributed by atoms with E-state index in [1.54, 1.807) is 5.57 Å². The maximum atomic E-state index is 10.7. The number of hydrogen-bond acceptors (Lipinski definition) is 3. The fraction of sp³-hybridized carbons (Fsp3) is 0.864. The van der Waals surface area contributed by atoms with E-state index < -0.39 is 0 Å². The minimum atomic E-state index is 0.117. The summed E-state index contributed by atoms with van der Waals surface area (Å²) < 4.78 is 5.31. The molecule has 3 nitrogen and oxygen atoms in total. The summed E-state index contributed by atoms with van der Waals surface area (Å²) in [6.07, 6.45) is 12.7. The highest BCUT2D eigenvalue weighted by atomic mass is 16.5. The molecule has 0 aromatic carbocycles. The Morgan fingerprint density at radius 3 is 2.64 bits per heavy atom. The van der Waals surface area contributed by atoms with E-state index in [1.165, 1.54) is 38.5 Å². The van der Waals surface area contributed by atoms with E-state index in [0.29, 0.717) is 17.3 Å². The highest BCUT2D eigenvalue weighted by Crippen LogP contribution is 2.65. The highest BCUT2D eigenvalue weighted by molar-refractivity contribution is 5.38. The summed E-state index contributed by atoms with van der Waals surface area (Å²) in [4.78, 5) is 13.2. The Hall–Kier alpha value is -0.830. The van der Waals surface area contributed by atoms with Gasteiger partial charge in [0.2, 0.25) is 0 Å². The van der Waals surface area contributed by atoms with Gasteiger partial charge in [0.05, 0.1) is 0 Å². The van der Waals surface area contributed by atoms with Crippen molar-refractivity contribution in [3.8, 4) is 0 Å². The molecule has 0 amide bonds. The van der Waals surface area contributed by atoms with Crippen molar-refractivity contribution in [2.45, 2.75) is 77.4 Å². The van der Waals surface area contributed by atoms with E-state index in [4.69, 9.17) is 4.74 Å². The number of ether oxygens (including phenoxy) is 1. The van der Waals surface area contributed by atoms with Gasteiger partial charge < -0.3 is 9.64 Å². The van der Waals surface area contributed by atoms with Gasteiger partial charge in [-0.2, -0.15) is 0 Å². The second kappa shape index (κ2) is 6.11. The summed E-state index contributed by atoms with van der Waals surface area (Å²) in [5.41, 5.74) is 2.45. The monoisotopic (exact) mass is 345 g/mol. The van der Waals surface area contributed by atoms with Gasteiger partial charge in [-0.05, 0) is 87.6 Å². The lowest BCUT2D eigenvalue weighted by Gasteiger charge is -2.58. The van der Waals surface area contributed by atoms with Crippen LogP contribution in [-0.2, 0) is 9.53 Å². The van der Waals surface area contributed by atoms with Gasteiger partial charge in [0, 0.05) is 12.5 Å². The lowest BCUT2D eigenvalue weighted by molar-refractivity contribution is -0.136. The molecule has 0 aromatic rings. The second-order valence-corrected chi connectivity index (χ2v) is 9.96. The Balaban J connectivity index is 1.60. The van der Waals surface area contributed by atoms with Gasteiger partial charge in [-0.3, -0.25) is 4.79 Å². The summed E-state index contributed by atoms with van der Waals surface area (Å²) in [6.45, 7) is 5.75. The van der Waals surface area contributed by atoms with Gasteiger partial charge >= 0.3 is 0 Å². The maximum absolute atomic E-state index is 10.7. The van der Waals surface area contributed by atoms with E-state index in [1.807, 2.05) is 0 Å². The van der Waals surface area contributed by atoms with E-state index in [9.17, 15) is 4.79 Å². The SMILES string of the molecule is CN(C)[C@H]1CC[C@H]2[C@@H]3CC=C4C[C@H](OC=O)CC[C@]4(C)[C@H]3CC[C@]12C. The molecule has 3 saturated carbocycles. The first kappa shape index (κ1) is 17.6. The minimum absolute atomic E-state index is 0.117. The van der Waals surface area contributed by atoms with Crippen LogP contribution >= 0.6 is 0 Å². The molecule has 3 fully saturated rings. The Labute approximate surface area is 153 Å². The van der Waals surface area contributed by atoms with Crippen LogP contribution in [0.1, 0.15) is 65.2 Å². The van der Waals surface area contributed by atoms with Crippen LogP contribution in [0.4, 0.5) is 0 Å². The van der Waals surface area contributed by atoms with Crippen molar-refractivity contribution >= 4 is 6.47 Å². The third kappa shape index (κ3) is 2.52. The van der Waals surface area contributed by atoms with Gasteiger partial charge in [-0.1, -0.05) is 25.5 Å². The molecule has 0 saturated heterocycles. The number of nitrogens with zero attached hydrogens (tertiary/aromatic N) is 1. The standard InChI is InChI=1S/C22H35NO2/c1-21-11-9-16(25-14-24)13-15(21)5-6-17-18-7-8-20(23(3)4)22(18,2)12-10-19(17)21/h5,14,16-20H,6-13H2,1-4H3/t16-,17+,18+,19+,20+,21+,22+/m1/s1. The van der Waals surface area contributed by atoms with Gasteiger partial charge in [0.15, 0.2) is 0 Å². The zero-order valence-corrected chi connectivity index (χ0v) is 16.5. The molecule has 0 unspecified atom stereocenters. The van der Waals surface area contributed by atoms with Crippen molar-refractivity contribution in [1.82, 2.24) is 4.90 Å². The van der Waals surface area contributed by atoms with Crippen LogP contribution in [0.3, 0.4) is 0 Å². The molecule has 25 heavy (non-hydrogen) atoms. The van der Waals surface area contributed by atoms with Crippen LogP contribution in [0.25, 0.3) is 0 Å². The van der Waals surface area contributed by atoms with Crippen molar-refractivity contribution in [3.63, 3.8) is 0 Å². The Bertz CT molecular complexity index is 570. The third-order valence-electron chi connectivity index (χ3n) is 8.88. The van der Waals surface area contributed by atoms with Crippen LogP contribution in [0.2, 0.25) is 0 Å². The third-order valence-corrected chi connectivity index (χ3v) is 8.88. The molecule has 0 bridgehead atoms. The largest absolute Gasteiger partial charge is 0.464 e. The zero-order chi connectivity index (χ0) is 17.8. The van der Waals surface area contributed by atoms with E-state index in [0.717, 1.165) is 36.6 Å². The topological polar surface area (TPSA) is 29.5 Å². The molecule has 0 aromatic heterocycles. The highest BCUT2D eigenvalue weighted by Gasteiger charge is 2.59. The van der Waals surface area contributed by atoms with Crippen molar-refractivity contribution in [2.24, 2.45) is 28.6 Å². The summed E-state index contributed by atoms with van der Waals surface area (Å²) in [7, 11) is 4.55. The van der Waals surface area contributed by atoms with Crippen molar-refractivity contribution in [1.29, 1.82) is 0 Å². The second-order valence-electron chi connectivity index (χ2n) is 9.96. The van der Waals surface area contributed by atoms with Crippen LogP contribution < -0.4 is 0 Å². The lowest BCUT2D eigenvalue weighted by atomic mass is 9.48. The first-order valence-corrected chi connectivity index (χ1v) is 10.3. The number of hydrogen-bond donors (Lipinski definition) is 0. The fourth-order valence-electron chi connectivity index (χ4n) is 7.64. The first-order valence-electron chi connectivity index (χ1n) is 10.3. The molecule has 0 radical (unpaired) electrons. The molecule has 3 heteroatoms. The molecule has 0 aliphatic heterocycles. The van der Waals surface area contributed by atoms with E-state index in [2.05, 4.69) is 38.9 Å². The normalized spacial score (nSPS) is 49.0. The van der Waals surface area contributed by atoms with Crippen LogP contribution in [-0.4, -0.2) is 37.6 Å². The molecule has 4 aliphatic carbocycles. The molecule has 7 atom stereocenters. The molecule has 0 N–H and O–H groups in total. The van der Waals surface area contributed by atoms with Crippen molar-refractivity contribution in [2.75, 3.05) is 14.1 Å². The number of fused-ring (bicyclic) bond motifs is 5. The summed E-state index contributed by atoms with van der Waals surface area (Å²) in [5.74, 6) is 2.59. The summed E-state index contributed by atoms with van der Waals surface area (Å²) in [5, 5.41) is 0. The maximum Gasteiger partial charge on any atom is 0.293 e. The molecule has 4 aliphatic rings. The number of carbonyl (C=O) groups is 1. The molecule has 140 valence electrons. The Kier molecular flexibility index (Phi) is 4.30. The first-order chi connectivity index (χ1) is 11.9. The average molecular weight is 346 g/mol. The predicted molar refractivity (Wildman–Crippen MR) is 100 cm³/mol. The van der Waals surface area contributed by atoms with Crippen LogP contribution in [0.5, 0.6) is 0 Å². The van der Waals surface area contributed by atoms with Crippen LogP contribution in [0, 0.1) is 28.6 Å². The quantitative estimate of drug-likeness (QED) is 0.560. The number of allylic oxidation sites excluding steroid dienone is 1. The molecule has 0 heterocycles. The van der Waals surface area contributed by atoms with E-state index >= 15 is 0 Å². The Morgan fingerprint density at radius 2 is 1.92 bits per heavy atom. The Morgan fingerprint density at radius 1 is 1.12 bits per heavy atom. The lowest BCUT2D eigenvalue weighted by Crippen LogP contribution is -2.53. The minimum Gasteiger partial charge on any atom is -0.464 e. The molecular weight excluding hydrogens is 310 g/mol. The predicted octanol–water partition coefficient (Wildman–Crippen LogP) is 4.42. The van der Waals surface area contributed by atoms with Gasteiger partial charge in [0.1, 0.15) is 6.10 Å². The van der Waals surface area contributed by atoms with Gasteiger partial charge in [0.25, 0.3) is 6.47 Å². The average Bonchev–Trinajstić information content (AvgIpc) is 2.93. The summed E-state index contributed by atoms with van der Waals surface area (Å²) >= 11 is 0. The molecule has 4 rings (SSSR count). The van der Waals surface area contributed by atoms with Gasteiger partial charge in [-0.15, -0.1) is 0 Å². The number of carbonyl (C=O) groups excluding carboxylic acids is 1. The van der Waals surface area contributed by atoms with Crippen LogP contribution in [0.15, 0.2) is 11.6 Å². The van der Waals surface area contributed by atoms with Crippen molar-refractivity contribution < 1.29 is 9.53 Å². The number of rotatable bonds is 3. The van der Waals surface area contributed by atoms with E-state index in [-0.39, 0.29) is 6.10 Å². The van der Waals surface area contributed by atoms with Crippen molar-refractivity contribution in [3.05, 3.63) is 11.6 Å². The molecular formula is C22H35NO2. The molecule has 0 spiro atoms. The fourth-order valence-corrected chi connectivity index (χ4v) is 7.64.